The van der Waals surface area contributed by atoms with Crippen molar-refractivity contribution in [1.82, 2.24) is 15.5 Å². The Kier molecular flexibility index (Phi) is 17.3. The summed E-state index contributed by atoms with van der Waals surface area (Å²) in [6.07, 6.45) is 1.03. The number of benzene rings is 5. The number of hydrogen-bond donors (Lipinski definition) is 3. The predicted octanol–water partition coefficient (Wildman–Crippen LogP) is 8.74. The summed E-state index contributed by atoms with van der Waals surface area (Å²) in [5.74, 6) is -1.72. The third kappa shape index (κ3) is 12.2. The Morgan fingerprint density at radius 3 is 1.84 bits per heavy atom. The van der Waals surface area contributed by atoms with Gasteiger partial charge in [-0.2, -0.15) is 0 Å². The zero-order chi connectivity index (χ0) is 49.1. The van der Waals surface area contributed by atoms with E-state index in [0.717, 1.165) is 57.5 Å². The van der Waals surface area contributed by atoms with E-state index in [0.29, 0.717) is 38.6 Å². The third-order valence-electron chi connectivity index (χ3n) is 14.0. The fourth-order valence-corrected chi connectivity index (χ4v) is 9.59. The van der Waals surface area contributed by atoms with E-state index in [1.54, 1.807) is 13.8 Å². The normalized spacial score (nSPS) is 21.3. The van der Waals surface area contributed by atoms with Crippen molar-refractivity contribution in [3.63, 3.8) is 0 Å². The van der Waals surface area contributed by atoms with Crippen molar-refractivity contribution in [2.24, 2.45) is 0 Å². The number of amides is 2. The summed E-state index contributed by atoms with van der Waals surface area (Å²) in [6, 6.07) is 44.9. The van der Waals surface area contributed by atoms with Gasteiger partial charge < -0.3 is 44.3 Å². The second-order valence-electron chi connectivity index (χ2n) is 19.6. The molecule has 0 aromatic heterocycles. The Morgan fingerprint density at radius 2 is 1.29 bits per heavy atom. The average molecular weight is 940 g/mol. The first-order valence-corrected chi connectivity index (χ1v) is 24.7. The van der Waals surface area contributed by atoms with Crippen LogP contribution in [0.4, 0.5) is 0 Å². The van der Waals surface area contributed by atoms with Gasteiger partial charge in [0.25, 0.3) is 0 Å². The van der Waals surface area contributed by atoms with Gasteiger partial charge in [-0.15, -0.1) is 0 Å². The number of nitrogens with zero attached hydrogens (tertiary/aromatic N) is 1. The van der Waals surface area contributed by atoms with Crippen molar-refractivity contribution >= 4 is 11.8 Å². The zero-order valence-corrected chi connectivity index (χ0v) is 41.7. The first-order valence-electron chi connectivity index (χ1n) is 24.7. The minimum Gasteiger partial charge on any atom is -0.387 e. The third-order valence-corrected chi connectivity index (χ3v) is 14.0. The first-order chi connectivity index (χ1) is 33.2. The van der Waals surface area contributed by atoms with E-state index in [2.05, 4.69) is 54.0 Å². The monoisotopic (exact) mass is 940 g/mol. The predicted molar refractivity (Wildman–Crippen MR) is 269 cm³/mol. The Hall–Kier alpha value is -5.24. The number of carbonyl (C=O) groups is 2. The Balaban J connectivity index is 1.13. The molecule has 3 N–H and O–H groups in total. The number of aryl methyl sites for hydroxylation is 2. The molecule has 368 valence electrons. The molecule has 2 aliphatic heterocycles. The molecular weight excluding hydrogens is 867 g/mol. The van der Waals surface area contributed by atoms with Gasteiger partial charge in [0.05, 0.1) is 32.0 Å². The van der Waals surface area contributed by atoms with Crippen molar-refractivity contribution < 1.29 is 38.4 Å². The molecule has 0 spiro atoms. The Morgan fingerprint density at radius 1 is 0.739 bits per heavy atom. The molecular formula is C58H73N3O8. The molecule has 2 bridgehead atoms. The van der Waals surface area contributed by atoms with Crippen molar-refractivity contribution in [2.75, 3.05) is 33.8 Å². The lowest BCUT2D eigenvalue weighted by molar-refractivity contribution is -0.369. The molecule has 2 aliphatic rings. The number of ether oxygens (including phenoxy) is 5. The molecule has 2 heterocycles. The molecule has 0 saturated carbocycles. The minimum absolute atomic E-state index is 0.0309. The highest BCUT2D eigenvalue weighted by atomic mass is 16.8. The maximum absolute atomic E-state index is 13.2. The van der Waals surface area contributed by atoms with Crippen LogP contribution < -0.4 is 10.6 Å². The molecule has 2 fully saturated rings. The van der Waals surface area contributed by atoms with Crippen LogP contribution in [-0.4, -0.2) is 90.7 Å². The summed E-state index contributed by atoms with van der Waals surface area (Å²) in [5, 5.41) is 18.3. The van der Waals surface area contributed by atoms with E-state index in [-0.39, 0.29) is 38.2 Å². The van der Waals surface area contributed by atoms with Crippen molar-refractivity contribution in [2.45, 2.75) is 134 Å². The molecule has 2 amide bonds. The highest BCUT2D eigenvalue weighted by molar-refractivity contribution is 5.91. The highest BCUT2D eigenvalue weighted by Crippen LogP contribution is 2.56. The molecule has 5 aromatic carbocycles. The molecule has 5 atom stereocenters. The van der Waals surface area contributed by atoms with Gasteiger partial charge in [-0.3, -0.25) is 9.59 Å². The van der Waals surface area contributed by atoms with Crippen molar-refractivity contribution in [3.8, 4) is 0 Å². The SMILES string of the molecule is CCC(CC)(NC(=O)CCCc1ccc(Cc2cc([C@]34OC[C@](C(C)(C)O)(O3)[C@@H](OCc3ccccc3)[C@H](OCc3ccccc3)[C@H]4OCc3ccccc3)ccc2C)cc1)C(=O)NCCN(C)C. The van der Waals surface area contributed by atoms with Gasteiger partial charge in [-0.1, -0.05) is 141 Å². The van der Waals surface area contributed by atoms with Crippen LogP contribution in [0.5, 0.6) is 0 Å². The number of carbonyl (C=O) groups excluding carboxylic acids is 2. The van der Waals surface area contributed by atoms with Gasteiger partial charge in [0, 0.05) is 25.1 Å². The van der Waals surface area contributed by atoms with E-state index < -0.39 is 40.8 Å². The lowest BCUT2D eigenvalue weighted by atomic mass is 9.74. The fourth-order valence-electron chi connectivity index (χ4n) is 9.59. The summed E-state index contributed by atoms with van der Waals surface area (Å²) in [7, 11) is 3.93. The molecule has 11 heteroatoms. The highest BCUT2D eigenvalue weighted by Gasteiger charge is 2.73. The Bertz CT molecular complexity index is 2410. The lowest BCUT2D eigenvalue weighted by Crippen LogP contribution is -2.72. The lowest BCUT2D eigenvalue weighted by Gasteiger charge is -2.54. The fraction of sp³-hybridized carbons (Fsp3) is 0.448. The van der Waals surface area contributed by atoms with E-state index in [9.17, 15) is 14.7 Å². The molecule has 0 unspecified atom stereocenters. The molecule has 7 rings (SSSR count). The zero-order valence-electron chi connectivity index (χ0n) is 41.7. The summed E-state index contributed by atoms with van der Waals surface area (Å²) >= 11 is 0. The molecule has 0 radical (unpaired) electrons. The number of fused-ring (bicyclic) bond motifs is 2. The van der Waals surface area contributed by atoms with Gasteiger partial charge in [0.2, 0.25) is 17.6 Å². The molecule has 2 saturated heterocycles. The number of rotatable bonds is 24. The van der Waals surface area contributed by atoms with Crippen LogP contribution in [0.25, 0.3) is 0 Å². The van der Waals surface area contributed by atoms with Crippen LogP contribution in [0.15, 0.2) is 133 Å². The first kappa shape index (κ1) is 51.6. The minimum atomic E-state index is -1.48. The van der Waals surface area contributed by atoms with E-state index in [1.165, 1.54) is 0 Å². The smallest absolute Gasteiger partial charge is 0.245 e. The van der Waals surface area contributed by atoms with Crippen LogP contribution in [0, 0.1) is 6.92 Å². The second-order valence-corrected chi connectivity index (χ2v) is 19.6. The summed E-state index contributed by atoms with van der Waals surface area (Å²) in [6.45, 7) is 11.6. The molecule has 69 heavy (non-hydrogen) atoms. The summed E-state index contributed by atoms with van der Waals surface area (Å²) in [5.41, 5.74) is 4.46. The van der Waals surface area contributed by atoms with Gasteiger partial charge in [-0.05, 0) is 112 Å². The van der Waals surface area contributed by atoms with Crippen LogP contribution in [-0.2, 0) is 71.7 Å². The quantitative estimate of drug-likeness (QED) is 0.0557. The van der Waals surface area contributed by atoms with Crippen LogP contribution in [0.1, 0.15) is 97.9 Å². The topological polar surface area (TPSA) is 128 Å². The largest absolute Gasteiger partial charge is 0.387 e. The molecule has 5 aromatic rings. The molecule has 11 nitrogen and oxygen atoms in total. The van der Waals surface area contributed by atoms with Crippen molar-refractivity contribution in [1.29, 1.82) is 0 Å². The number of likely N-dealkylation sites (N-methyl/N-ethyl adjacent to an activating group) is 1. The van der Waals surface area contributed by atoms with Crippen LogP contribution in [0.2, 0.25) is 0 Å². The number of nitrogens with one attached hydrogen (secondary N) is 2. The number of hydrogen-bond acceptors (Lipinski definition) is 9. The van der Waals surface area contributed by atoms with Gasteiger partial charge >= 0.3 is 0 Å². The molecule has 0 aliphatic carbocycles. The van der Waals surface area contributed by atoms with Crippen molar-refractivity contribution in [3.05, 3.63) is 178 Å². The van der Waals surface area contributed by atoms with E-state index in [4.69, 9.17) is 23.7 Å². The maximum Gasteiger partial charge on any atom is 0.245 e. The van der Waals surface area contributed by atoms with Crippen LogP contribution >= 0.6 is 0 Å². The summed E-state index contributed by atoms with van der Waals surface area (Å²) in [4.78, 5) is 28.4. The average Bonchev–Trinajstić information content (AvgIpc) is 3.73. The van der Waals surface area contributed by atoms with Crippen LogP contribution in [0.3, 0.4) is 0 Å². The standard InChI is InChI=1S/C58H73N3O8/c1-8-56(9-2,54(63)59-34-35-61(6)7)60-50(62)27-19-26-43-29-31-44(32-30-43)36-48-37-49(33-28-42(48)3)58-53(67-40-47-24-17-12-18-25-47)51(65-38-45-20-13-10-14-21-45)52(66-39-46-22-15-11-16-23-46)57(69-58,41-68-58)55(4,5)64/h10-18,20-25,28-33,37,51-53,64H,8-9,19,26-27,34-36,38-41H2,1-7H3,(H,59,63)(H,60,62)/t51-,52-,53+,57-,58-/m0/s1. The number of aliphatic hydroxyl groups is 1. The Labute approximate surface area is 409 Å². The van der Waals surface area contributed by atoms with E-state index >= 15 is 0 Å². The maximum atomic E-state index is 13.2. The second kappa shape index (κ2) is 23.1. The van der Waals surface area contributed by atoms with E-state index in [1.807, 2.05) is 130 Å². The van der Waals surface area contributed by atoms with Gasteiger partial charge in [-0.25, -0.2) is 0 Å². The van der Waals surface area contributed by atoms with Gasteiger partial charge in [0.15, 0.2) is 5.60 Å². The summed E-state index contributed by atoms with van der Waals surface area (Å²) < 4.78 is 35.3. The van der Waals surface area contributed by atoms with Gasteiger partial charge in [0.1, 0.15) is 23.9 Å².